The molecule has 3 amide bonds. The van der Waals surface area contributed by atoms with Crippen molar-refractivity contribution in [1.29, 1.82) is 0 Å². The van der Waals surface area contributed by atoms with Gasteiger partial charge in [0.25, 0.3) is 11.5 Å². The smallest absolute Gasteiger partial charge is 0.410 e. The van der Waals surface area contributed by atoms with Crippen molar-refractivity contribution in [2.24, 2.45) is 0 Å². The van der Waals surface area contributed by atoms with Gasteiger partial charge in [-0.05, 0) is 116 Å². The van der Waals surface area contributed by atoms with Gasteiger partial charge in [0.05, 0.1) is 5.69 Å². The van der Waals surface area contributed by atoms with Crippen LogP contribution in [0.25, 0.3) is 11.1 Å². The van der Waals surface area contributed by atoms with Gasteiger partial charge >= 0.3 is 12.2 Å². The predicted molar refractivity (Wildman–Crippen MR) is 210 cm³/mol. The zero-order valence-electron chi connectivity index (χ0n) is 33.3. The maximum absolute atomic E-state index is 14.1. The fraction of sp³-hybridized carbons (Fsp3) is 0.537. The molecule has 54 heavy (non-hydrogen) atoms. The minimum atomic E-state index is -0.890. The van der Waals surface area contributed by atoms with Crippen LogP contribution < -0.4 is 15.8 Å². The number of likely N-dealkylation sites (tertiary alicyclic amines) is 1. The number of nitrogens with zero attached hydrogens (tertiary/aromatic N) is 5. The number of carbonyl (C=O) groups excluding carboxylic acids is 2. The van der Waals surface area contributed by atoms with E-state index in [0.29, 0.717) is 50.4 Å². The first kappa shape index (κ1) is 40.3. The van der Waals surface area contributed by atoms with Crippen LogP contribution in [0.3, 0.4) is 0 Å². The number of aryl methyl sites for hydroxylation is 2. The van der Waals surface area contributed by atoms with Crippen LogP contribution in [0.5, 0.6) is 0 Å². The number of anilines is 1. The number of piperidine rings is 1. The molecule has 3 N–H and O–H groups in total. The zero-order valence-corrected chi connectivity index (χ0v) is 33.3. The molecule has 0 aliphatic carbocycles. The average molecular weight is 744 g/mol. The quantitative estimate of drug-likeness (QED) is 0.237. The summed E-state index contributed by atoms with van der Waals surface area (Å²) in [7, 11) is 0. The van der Waals surface area contributed by atoms with Crippen LogP contribution in [-0.2, 0) is 17.8 Å². The third-order valence-corrected chi connectivity index (χ3v) is 10.6. The Bertz CT molecular complexity index is 1880. The maximum Gasteiger partial charge on any atom is 0.410 e. The lowest BCUT2D eigenvalue weighted by Gasteiger charge is -2.47. The Morgan fingerprint density at radius 1 is 1.00 bits per heavy atom. The minimum absolute atomic E-state index is 0.0615. The Balaban J connectivity index is 1.45. The minimum Gasteiger partial charge on any atom is -0.465 e. The number of H-pyrrole nitrogens is 1. The molecule has 3 aromatic rings. The van der Waals surface area contributed by atoms with Gasteiger partial charge in [-0.2, -0.15) is 0 Å². The molecule has 1 aromatic carbocycles. The number of piperazine rings is 1. The van der Waals surface area contributed by atoms with Gasteiger partial charge in [-0.25, -0.2) is 9.59 Å². The fourth-order valence-corrected chi connectivity index (χ4v) is 7.88. The molecule has 2 atom stereocenters. The lowest BCUT2D eigenvalue weighted by Crippen LogP contribution is -2.56. The van der Waals surface area contributed by atoms with Gasteiger partial charge in [-0.1, -0.05) is 6.07 Å². The molecular weight excluding hydrogens is 686 g/mol. The summed E-state index contributed by atoms with van der Waals surface area (Å²) in [5.74, 6) is -0.280. The van der Waals surface area contributed by atoms with Crippen molar-refractivity contribution in [3.8, 4) is 11.1 Å². The second kappa shape index (κ2) is 16.6. The van der Waals surface area contributed by atoms with Gasteiger partial charge in [-0.15, -0.1) is 0 Å². The Morgan fingerprint density at radius 3 is 2.22 bits per heavy atom. The van der Waals surface area contributed by atoms with Crippen molar-refractivity contribution < 1.29 is 24.2 Å². The lowest BCUT2D eigenvalue weighted by molar-refractivity contribution is -0.00253. The van der Waals surface area contributed by atoms with E-state index in [1.165, 1.54) is 4.90 Å². The molecule has 2 aliphatic heterocycles. The first-order chi connectivity index (χ1) is 25.4. The van der Waals surface area contributed by atoms with Gasteiger partial charge < -0.3 is 34.8 Å². The fourth-order valence-electron chi connectivity index (χ4n) is 7.88. The molecule has 0 saturated carbocycles. The summed E-state index contributed by atoms with van der Waals surface area (Å²) in [5, 5.41) is 12.3. The number of aromatic nitrogens is 2. The summed E-state index contributed by atoms with van der Waals surface area (Å²) in [6.45, 7) is 21.2. The average Bonchev–Trinajstić information content (AvgIpc) is 3.08. The second-order valence-corrected chi connectivity index (χ2v) is 15.9. The van der Waals surface area contributed by atoms with Gasteiger partial charge in [0, 0.05) is 98.2 Å². The van der Waals surface area contributed by atoms with E-state index in [1.807, 2.05) is 76.9 Å². The number of hydrogen-bond donors (Lipinski definition) is 3. The summed E-state index contributed by atoms with van der Waals surface area (Å²) < 4.78 is 5.77. The summed E-state index contributed by atoms with van der Waals surface area (Å²) in [5.41, 5.74) is 6.13. The molecule has 2 fully saturated rings. The Hall–Kier alpha value is -4.91. The van der Waals surface area contributed by atoms with Gasteiger partial charge in [0.1, 0.15) is 5.60 Å². The van der Waals surface area contributed by atoms with E-state index < -0.39 is 11.7 Å². The normalized spacial score (nSPS) is 19.4. The van der Waals surface area contributed by atoms with Crippen LogP contribution in [0.1, 0.15) is 92.8 Å². The highest BCUT2D eigenvalue weighted by Gasteiger charge is 2.39. The predicted octanol–water partition coefficient (Wildman–Crippen LogP) is 6.09. The second-order valence-electron chi connectivity index (χ2n) is 15.9. The molecule has 2 aromatic heterocycles. The van der Waals surface area contributed by atoms with Crippen LogP contribution in [-0.4, -0.2) is 104 Å². The lowest BCUT2D eigenvalue weighted by atomic mass is 9.90. The molecule has 292 valence electrons. The van der Waals surface area contributed by atoms with E-state index in [-0.39, 0.29) is 42.2 Å². The number of aromatic amines is 1. The number of ether oxygens (including phenoxy) is 1. The summed E-state index contributed by atoms with van der Waals surface area (Å²) >= 11 is 0. The first-order valence-corrected chi connectivity index (χ1v) is 19.0. The largest absolute Gasteiger partial charge is 0.465 e. The summed E-state index contributed by atoms with van der Waals surface area (Å²) in [6, 6.07) is 9.89. The Morgan fingerprint density at radius 2 is 1.67 bits per heavy atom. The first-order valence-electron chi connectivity index (χ1n) is 19.0. The van der Waals surface area contributed by atoms with Gasteiger partial charge in [0.2, 0.25) is 0 Å². The van der Waals surface area contributed by atoms with E-state index in [4.69, 9.17) is 9.72 Å². The van der Waals surface area contributed by atoms with E-state index >= 15 is 0 Å². The van der Waals surface area contributed by atoms with Crippen LogP contribution in [0.15, 0.2) is 41.3 Å². The highest BCUT2D eigenvalue weighted by Crippen LogP contribution is 2.36. The maximum atomic E-state index is 14.1. The van der Waals surface area contributed by atoms with Crippen LogP contribution in [0.4, 0.5) is 15.3 Å². The van der Waals surface area contributed by atoms with Crippen molar-refractivity contribution >= 4 is 23.8 Å². The van der Waals surface area contributed by atoms with Crippen molar-refractivity contribution in [3.05, 3.63) is 80.5 Å². The molecule has 2 saturated heterocycles. The Kier molecular flexibility index (Phi) is 12.4. The van der Waals surface area contributed by atoms with E-state index in [2.05, 4.69) is 46.9 Å². The van der Waals surface area contributed by atoms with Gasteiger partial charge in [-0.3, -0.25) is 19.5 Å². The standard InChI is InChI=1S/C41H57N7O6/c1-10-47(33-18-27(4)48(28(5)19-33)40(53)54-41(7,8)9)36-21-31(30-11-12-32(42-22-30)24-45-13-15-46(16-14-45)39(51)52)20-34(29(36)6)37(49)43-23-35-25(2)17-26(3)44-38(35)50/h11-12,17,20-22,27-28,33H,10,13-16,18-19,23-24H2,1-9H3,(H,43,49)(H,44,50)(H,51,52)/t27-,28-/m1/s1. The highest BCUT2D eigenvalue weighted by molar-refractivity contribution is 5.99. The number of carboxylic acid groups (broad SMARTS) is 1. The number of rotatable bonds is 9. The molecule has 0 radical (unpaired) electrons. The molecule has 0 spiro atoms. The number of hydrogen-bond acceptors (Lipinski definition) is 8. The summed E-state index contributed by atoms with van der Waals surface area (Å²) in [6.07, 6.45) is 2.10. The van der Waals surface area contributed by atoms with Crippen molar-refractivity contribution in [3.63, 3.8) is 0 Å². The number of amides is 3. The van der Waals surface area contributed by atoms with E-state index in [1.54, 1.807) is 0 Å². The number of pyridine rings is 2. The summed E-state index contributed by atoms with van der Waals surface area (Å²) in [4.78, 5) is 66.8. The van der Waals surface area contributed by atoms with Crippen LogP contribution in [0.2, 0.25) is 0 Å². The molecule has 0 unspecified atom stereocenters. The number of carbonyl (C=O) groups is 3. The Labute approximate surface area is 318 Å². The van der Waals surface area contributed by atoms with Crippen LogP contribution >= 0.6 is 0 Å². The molecule has 13 heteroatoms. The third-order valence-electron chi connectivity index (χ3n) is 10.6. The van der Waals surface area contributed by atoms with Crippen molar-refractivity contribution in [2.75, 3.05) is 37.6 Å². The molecular formula is C41H57N7O6. The van der Waals surface area contributed by atoms with E-state index in [0.717, 1.165) is 52.2 Å². The number of nitrogens with one attached hydrogen (secondary N) is 2. The molecule has 5 rings (SSSR count). The van der Waals surface area contributed by atoms with E-state index in [9.17, 15) is 24.3 Å². The molecule has 13 nitrogen and oxygen atoms in total. The SMILES string of the molecule is CCN(c1cc(-c2ccc(CN3CCN(C(=O)O)CC3)nc2)cc(C(=O)NCc2c(C)cc(C)[nH]c2=O)c1C)C1C[C@@H](C)N(C(=O)OC(C)(C)C)[C@H](C)C1. The molecule has 4 heterocycles. The topological polar surface area (TPSA) is 151 Å². The zero-order chi connectivity index (χ0) is 39.5. The molecule has 2 aliphatic rings. The highest BCUT2D eigenvalue weighted by atomic mass is 16.6. The van der Waals surface area contributed by atoms with Crippen molar-refractivity contribution in [2.45, 2.75) is 112 Å². The third kappa shape index (κ3) is 9.41. The molecule has 0 bridgehead atoms. The van der Waals surface area contributed by atoms with Crippen LogP contribution in [0, 0.1) is 20.8 Å². The van der Waals surface area contributed by atoms with Crippen molar-refractivity contribution in [1.82, 2.24) is 30.0 Å². The monoisotopic (exact) mass is 743 g/mol. The number of benzene rings is 1. The van der Waals surface area contributed by atoms with Gasteiger partial charge in [0.15, 0.2) is 0 Å².